The van der Waals surface area contributed by atoms with Gasteiger partial charge in [-0.25, -0.2) is 0 Å². The van der Waals surface area contributed by atoms with Gasteiger partial charge in [0.25, 0.3) is 0 Å². The Balaban J connectivity index is 2.67. The molecule has 0 aliphatic rings. The van der Waals surface area contributed by atoms with Crippen molar-refractivity contribution in [1.82, 2.24) is 5.32 Å². The fourth-order valence-corrected chi connectivity index (χ4v) is 1.60. The lowest BCUT2D eigenvalue weighted by atomic mass is 9.93. The maximum atomic E-state index is 5.03. The van der Waals surface area contributed by atoms with Crippen molar-refractivity contribution < 1.29 is 4.74 Å². The van der Waals surface area contributed by atoms with Crippen LogP contribution in [0.5, 0.6) is 0 Å². The minimum absolute atomic E-state index is 0.00451. The van der Waals surface area contributed by atoms with E-state index < -0.39 is 0 Å². The Morgan fingerprint density at radius 3 is 2.67 bits per heavy atom. The monoisotopic (exact) mass is 207 g/mol. The molecular formula is C13H21NO. The molecule has 0 aromatic heterocycles. The highest BCUT2D eigenvalue weighted by Gasteiger charge is 2.18. The van der Waals surface area contributed by atoms with Gasteiger partial charge >= 0.3 is 0 Å². The van der Waals surface area contributed by atoms with Crippen molar-refractivity contribution in [2.75, 3.05) is 20.3 Å². The third kappa shape index (κ3) is 3.65. The minimum Gasteiger partial charge on any atom is -0.383 e. The van der Waals surface area contributed by atoms with Gasteiger partial charge in [0, 0.05) is 19.2 Å². The first kappa shape index (κ1) is 12.2. The molecule has 0 amide bonds. The lowest BCUT2D eigenvalue weighted by Gasteiger charge is -2.27. The quantitative estimate of drug-likeness (QED) is 0.749. The fraction of sp³-hybridized carbons (Fsp3) is 0.538. The largest absolute Gasteiger partial charge is 0.383 e. The molecule has 1 aromatic rings. The minimum atomic E-state index is 0.00451. The van der Waals surface area contributed by atoms with E-state index in [2.05, 4.69) is 50.4 Å². The van der Waals surface area contributed by atoms with Crippen LogP contribution in [0.25, 0.3) is 0 Å². The number of rotatable bonds is 5. The van der Waals surface area contributed by atoms with Crippen LogP contribution in [-0.2, 0) is 10.3 Å². The van der Waals surface area contributed by atoms with Crippen molar-refractivity contribution in [3.63, 3.8) is 0 Å². The molecule has 2 nitrogen and oxygen atoms in total. The van der Waals surface area contributed by atoms with Gasteiger partial charge in [0.05, 0.1) is 6.61 Å². The van der Waals surface area contributed by atoms with Crippen molar-refractivity contribution >= 4 is 0 Å². The predicted molar refractivity (Wildman–Crippen MR) is 64.1 cm³/mol. The molecule has 0 unspecified atom stereocenters. The summed E-state index contributed by atoms with van der Waals surface area (Å²) in [6.45, 7) is 8.12. The fourth-order valence-electron chi connectivity index (χ4n) is 1.60. The van der Waals surface area contributed by atoms with E-state index in [0.29, 0.717) is 0 Å². The number of benzene rings is 1. The van der Waals surface area contributed by atoms with Gasteiger partial charge in [-0.15, -0.1) is 0 Å². The number of nitrogens with one attached hydrogen (secondary N) is 1. The highest BCUT2D eigenvalue weighted by molar-refractivity contribution is 5.27. The molecule has 0 saturated carbocycles. The zero-order valence-corrected chi connectivity index (χ0v) is 10.1. The van der Waals surface area contributed by atoms with Crippen LogP contribution >= 0.6 is 0 Å². The number of aryl methyl sites for hydroxylation is 1. The van der Waals surface area contributed by atoms with Crippen molar-refractivity contribution in [3.05, 3.63) is 35.4 Å². The molecule has 0 bridgehead atoms. The van der Waals surface area contributed by atoms with Gasteiger partial charge in [-0.2, -0.15) is 0 Å². The van der Waals surface area contributed by atoms with Crippen LogP contribution < -0.4 is 5.32 Å². The van der Waals surface area contributed by atoms with E-state index in [1.807, 2.05) is 0 Å². The van der Waals surface area contributed by atoms with Crippen LogP contribution in [0.1, 0.15) is 25.0 Å². The highest BCUT2D eigenvalue weighted by atomic mass is 16.5. The van der Waals surface area contributed by atoms with Crippen molar-refractivity contribution in [2.24, 2.45) is 0 Å². The van der Waals surface area contributed by atoms with Gasteiger partial charge in [-0.3, -0.25) is 0 Å². The molecule has 0 atom stereocenters. The third-order valence-corrected chi connectivity index (χ3v) is 2.61. The van der Waals surface area contributed by atoms with E-state index in [1.54, 1.807) is 7.11 Å². The molecule has 84 valence electrons. The molecule has 0 aliphatic heterocycles. The Bertz CT molecular complexity index is 307. The average molecular weight is 207 g/mol. The molecule has 0 aliphatic carbocycles. The van der Waals surface area contributed by atoms with E-state index in [4.69, 9.17) is 4.74 Å². The van der Waals surface area contributed by atoms with Crippen LogP contribution in [0.3, 0.4) is 0 Å². The Morgan fingerprint density at radius 2 is 2.07 bits per heavy atom. The van der Waals surface area contributed by atoms with Gasteiger partial charge < -0.3 is 10.1 Å². The SMILES string of the molecule is COCCNC(C)(C)c1cccc(C)c1. The van der Waals surface area contributed by atoms with E-state index >= 15 is 0 Å². The first-order valence-corrected chi connectivity index (χ1v) is 5.37. The predicted octanol–water partition coefficient (Wildman–Crippen LogP) is 2.47. The molecule has 1 aromatic carbocycles. The highest BCUT2D eigenvalue weighted by Crippen LogP contribution is 2.20. The van der Waals surface area contributed by atoms with E-state index in [9.17, 15) is 0 Å². The van der Waals surface area contributed by atoms with Gasteiger partial charge in [0.15, 0.2) is 0 Å². The van der Waals surface area contributed by atoms with E-state index in [0.717, 1.165) is 13.2 Å². The maximum absolute atomic E-state index is 5.03. The van der Waals surface area contributed by atoms with Crippen LogP contribution in [0, 0.1) is 6.92 Å². The van der Waals surface area contributed by atoms with E-state index in [1.165, 1.54) is 11.1 Å². The number of hydrogen-bond donors (Lipinski definition) is 1. The van der Waals surface area contributed by atoms with Crippen molar-refractivity contribution in [1.29, 1.82) is 0 Å². The Labute approximate surface area is 92.6 Å². The van der Waals surface area contributed by atoms with Gasteiger partial charge in [-0.1, -0.05) is 29.8 Å². The summed E-state index contributed by atoms with van der Waals surface area (Å²) in [5.74, 6) is 0. The van der Waals surface area contributed by atoms with Crippen LogP contribution in [0.2, 0.25) is 0 Å². The van der Waals surface area contributed by atoms with Crippen LogP contribution in [0.15, 0.2) is 24.3 Å². The van der Waals surface area contributed by atoms with Crippen molar-refractivity contribution in [3.8, 4) is 0 Å². The molecule has 2 heteroatoms. The first-order valence-electron chi connectivity index (χ1n) is 5.37. The molecule has 0 saturated heterocycles. The lowest BCUT2D eigenvalue weighted by molar-refractivity contribution is 0.188. The smallest absolute Gasteiger partial charge is 0.0587 e. The van der Waals surface area contributed by atoms with Crippen LogP contribution in [-0.4, -0.2) is 20.3 Å². The van der Waals surface area contributed by atoms with Gasteiger partial charge in [0.1, 0.15) is 0 Å². The summed E-state index contributed by atoms with van der Waals surface area (Å²) in [6, 6.07) is 8.60. The zero-order valence-electron chi connectivity index (χ0n) is 10.1. The Morgan fingerprint density at radius 1 is 1.33 bits per heavy atom. The second-order valence-electron chi connectivity index (χ2n) is 4.41. The van der Waals surface area contributed by atoms with Crippen molar-refractivity contribution in [2.45, 2.75) is 26.3 Å². The van der Waals surface area contributed by atoms with Crippen LogP contribution in [0.4, 0.5) is 0 Å². The van der Waals surface area contributed by atoms with E-state index in [-0.39, 0.29) is 5.54 Å². The first-order chi connectivity index (χ1) is 7.06. The second kappa shape index (κ2) is 5.29. The molecule has 1 N–H and O–H groups in total. The summed E-state index contributed by atoms with van der Waals surface area (Å²) >= 11 is 0. The lowest BCUT2D eigenvalue weighted by Crippen LogP contribution is -2.38. The molecule has 0 radical (unpaired) electrons. The summed E-state index contributed by atoms with van der Waals surface area (Å²) in [7, 11) is 1.72. The molecule has 1 rings (SSSR count). The third-order valence-electron chi connectivity index (χ3n) is 2.61. The number of ether oxygens (including phenoxy) is 1. The summed E-state index contributed by atoms with van der Waals surface area (Å²) in [5, 5.41) is 3.48. The Kier molecular flexibility index (Phi) is 4.30. The summed E-state index contributed by atoms with van der Waals surface area (Å²) in [6.07, 6.45) is 0. The Hall–Kier alpha value is -0.860. The number of hydrogen-bond acceptors (Lipinski definition) is 2. The second-order valence-corrected chi connectivity index (χ2v) is 4.41. The normalized spacial score (nSPS) is 11.7. The number of methoxy groups -OCH3 is 1. The molecule has 15 heavy (non-hydrogen) atoms. The molecule has 0 fully saturated rings. The average Bonchev–Trinajstić information content (AvgIpc) is 2.18. The maximum Gasteiger partial charge on any atom is 0.0587 e. The summed E-state index contributed by atoms with van der Waals surface area (Å²) < 4.78 is 5.03. The standard InChI is InChI=1S/C13H21NO/c1-11-6-5-7-12(10-11)13(2,3)14-8-9-15-4/h5-7,10,14H,8-9H2,1-4H3. The van der Waals surface area contributed by atoms with Gasteiger partial charge in [-0.05, 0) is 26.3 Å². The van der Waals surface area contributed by atoms with Gasteiger partial charge in [0.2, 0.25) is 0 Å². The molecule has 0 spiro atoms. The summed E-state index contributed by atoms with van der Waals surface area (Å²) in [4.78, 5) is 0. The topological polar surface area (TPSA) is 21.3 Å². The molecule has 0 heterocycles. The molecular weight excluding hydrogens is 186 g/mol. The zero-order chi connectivity index (χ0) is 11.3. The summed E-state index contributed by atoms with van der Waals surface area (Å²) in [5.41, 5.74) is 2.62.